The molecule has 2 atom stereocenters. The highest BCUT2D eigenvalue weighted by atomic mass is 16.5. The molecule has 0 amide bonds. The van der Waals surface area contributed by atoms with E-state index in [1.807, 2.05) is 13.8 Å². The van der Waals surface area contributed by atoms with E-state index in [0.29, 0.717) is 23.7 Å². The van der Waals surface area contributed by atoms with Crippen LogP contribution >= 0.6 is 0 Å². The van der Waals surface area contributed by atoms with Crippen LogP contribution in [-0.4, -0.2) is 29.8 Å². The molecule has 0 aliphatic rings. The van der Waals surface area contributed by atoms with Gasteiger partial charge in [0.1, 0.15) is 5.60 Å². The van der Waals surface area contributed by atoms with Crippen LogP contribution in [-0.2, 0) is 10.3 Å². The number of hydrogen-bond acceptors (Lipinski definition) is 5. The number of nitrogens with one attached hydrogen (secondary N) is 1. The standard InChI is InChI=1S/C15H29N3O2/c1-8-9-16-11(4)12(10(2)3)13-17-14(18-20-13)15(5,6)19-7/h10-12,16H,8-9H2,1-7H3. The van der Waals surface area contributed by atoms with Gasteiger partial charge in [-0.05, 0) is 39.7 Å². The first kappa shape index (κ1) is 17.1. The summed E-state index contributed by atoms with van der Waals surface area (Å²) < 4.78 is 10.9. The second kappa shape index (κ2) is 7.18. The molecule has 1 rings (SSSR count). The molecule has 0 aliphatic carbocycles. The fourth-order valence-electron chi connectivity index (χ4n) is 2.28. The van der Waals surface area contributed by atoms with E-state index in [2.05, 4.69) is 43.2 Å². The van der Waals surface area contributed by atoms with Crippen molar-refractivity contribution in [1.82, 2.24) is 15.5 Å². The minimum Gasteiger partial charge on any atom is -0.371 e. The normalized spacial score (nSPS) is 15.6. The lowest BCUT2D eigenvalue weighted by Crippen LogP contribution is -2.35. The highest BCUT2D eigenvalue weighted by molar-refractivity contribution is 5.04. The van der Waals surface area contributed by atoms with Gasteiger partial charge < -0.3 is 14.6 Å². The Labute approximate surface area is 122 Å². The van der Waals surface area contributed by atoms with E-state index in [4.69, 9.17) is 9.26 Å². The Balaban J connectivity index is 2.93. The van der Waals surface area contributed by atoms with Gasteiger partial charge in [0.05, 0.1) is 5.92 Å². The topological polar surface area (TPSA) is 60.2 Å². The van der Waals surface area contributed by atoms with Crippen molar-refractivity contribution < 1.29 is 9.26 Å². The second-order valence-electron chi connectivity index (χ2n) is 6.18. The fourth-order valence-corrected chi connectivity index (χ4v) is 2.28. The van der Waals surface area contributed by atoms with Crippen molar-refractivity contribution in [3.63, 3.8) is 0 Å². The molecule has 1 heterocycles. The molecule has 5 heteroatoms. The van der Waals surface area contributed by atoms with Crippen LogP contribution in [0.25, 0.3) is 0 Å². The molecule has 0 aliphatic heterocycles. The molecular formula is C15H29N3O2. The van der Waals surface area contributed by atoms with E-state index in [1.165, 1.54) is 0 Å². The largest absolute Gasteiger partial charge is 0.371 e. The number of rotatable bonds is 8. The van der Waals surface area contributed by atoms with Gasteiger partial charge in [-0.15, -0.1) is 0 Å². The summed E-state index contributed by atoms with van der Waals surface area (Å²) in [6.07, 6.45) is 1.11. The first-order valence-corrected chi connectivity index (χ1v) is 7.46. The molecule has 116 valence electrons. The molecule has 0 bridgehead atoms. The van der Waals surface area contributed by atoms with Crippen LogP contribution in [0.15, 0.2) is 4.52 Å². The van der Waals surface area contributed by atoms with Gasteiger partial charge in [0.15, 0.2) is 0 Å². The molecule has 0 saturated carbocycles. The number of hydrogen-bond donors (Lipinski definition) is 1. The van der Waals surface area contributed by atoms with E-state index >= 15 is 0 Å². The monoisotopic (exact) mass is 283 g/mol. The average molecular weight is 283 g/mol. The van der Waals surface area contributed by atoms with Gasteiger partial charge in [0.25, 0.3) is 0 Å². The molecular weight excluding hydrogens is 254 g/mol. The maximum absolute atomic E-state index is 5.50. The van der Waals surface area contributed by atoms with Crippen molar-refractivity contribution in [1.29, 1.82) is 0 Å². The van der Waals surface area contributed by atoms with E-state index in [-0.39, 0.29) is 5.92 Å². The maximum Gasteiger partial charge on any atom is 0.231 e. The minimum absolute atomic E-state index is 0.204. The van der Waals surface area contributed by atoms with Crippen molar-refractivity contribution >= 4 is 0 Å². The highest BCUT2D eigenvalue weighted by Crippen LogP contribution is 2.29. The number of ether oxygens (including phenoxy) is 1. The Hall–Kier alpha value is -0.940. The summed E-state index contributed by atoms with van der Waals surface area (Å²) in [5.74, 6) is 1.92. The van der Waals surface area contributed by atoms with Crippen LogP contribution in [0, 0.1) is 5.92 Å². The summed E-state index contributed by atoms with van der Waals surface area (Å²) in [4.78, 5) is 4.56. The lowest BCUT2D eigenvalue weighted by atomic mass is 9.89. The minimum atomic E-state index is -0.524. The third kappa shape index (κ3) is 4.03. The van der Waals surface area contributed by atoms with Gasteiger partial charge in [-0.2, -0.15) is 4.98 Å². The Kier molecular flexibility index (Phi) is 6.14. The molecule has 0 spiro atoms. The van der Waals surface area contributed by atoms with E-state index in [9.17, 15) is 0 Å². The number of aromatic nitrogens is 2. The van der Waals surface area contributed by atoms with E-state index in [0.717, 1.165) is 13.0 Å². The van der Waals surface area contributed by atoms with Gasteiger partial charge in [0, 0.05) is 13.2 Å². The van der Waals surface area contributed by atoms with Gasteiger partial charge in [0.2, 0.25) is 11.7 Å². The first-order chi connectivity index (χ1) is 9.33. The zero-order valence-electron chi connectivity index (χ0n) is 13.9. The Morgan fingerprint density at radius 2 is 1.95 bits per heavy atom. The van der Waals surface area contributed by atoms with Gasteiger partial charge in [-0.3, -0.25) is 0 Å². The third-order valence-electron chi connectivity index (χ3n) is 3.75. The molecule has 1 aromatic heterocycles. The van der Waals surface area contributed by atoms with Gasteiger partial charge >= 0.3 is 0 Å². The molecule has 1 N–H and O–H groups in total. The Morgan fingerprint density at radius 3 is 2.45 bits per heavy atom. The fraction of sp³-hybridized carbons (Fsp3) is 0.867. The molecule has 0 fully saturated rings. The molecule has 0 radical (unpaired) electrons. The lowest BCUT2D eigenvalue weighted by Gasteiger charge is -2.25. The van der Waals surface area contributed by atoms with Gasteiger partial charge in [-0.1, -0.05) is 25.9 Å². The Morgan fingerprint density at radius 1 is 1.30 bits per heavy atom. The number of nitrogens with zero attached hydrogens (tertiary/aromatic N) is 2. The van der Waals surface area contributed by atoms with Crippen molar-refractivity contribution in [2.45, 2.75) is 65.5 Å². The molecule has 5 nitrogen and oxygen atoms in total. The number of methoxy groups -OCH3 is 1. The zero-order valence-corrected chi connectivity index (χ0v) is 13.9. The molecule has 0 saturated heterocycles. The summed E-state index contributed by atoms with van der Waals surface area (Å²) in [7, 11) is 1.65. The van der Waals surface area contributed by atoms with Crippen LogP contribution in [0.4, 0.5) is 0 Å². The average Bonchev–Trinajstić information content (AvgIpc) is 2.86. The maximum atomic E-state index is 5.50. The van der Waals surface area contributed by atoms with Crippen molar-refractivity contribution in [3.8, 4) is 0 Å². The predicted octanol–water partition coefficient (Wildman–Crippen LogP) is 3.08. The summed E-state index contributed by atoms with van der Waals surface area (Å²) in [5, 5.41) is 7.60. The zero-order chi connectivity index (χ0) is 15.3. The molecule has 1 aromatic rings. The highest BCUT2D eigenvalue weighted by Gasteiger charge is 2.32. The molecule has 20 heavy (non-hydrogen) atoms. The van der Waals surface area contributed by atoms with Crippen LogP contribution in [0.2, 0.25) is 0 Å². The summed E-state index contributed by atoms with van der Waals surface area (Å²) >= 11 is 0. The van der Waals surface area contributed by atoms with E-state index < -0.39 is 5.60 Å². The third-order valence-corrected chi connectivity index (χ3v) is 3.75. The second-order valence-corrected chi connectivity index (χ2v) is 6.18. The molecule has 2 unspecified atom stereocenters. The quantitative estimate of drug-likeness (QED) is 0.794. The van der Waals surface area contributed by atoms with Crippen molar-refractivity contribution in [2.24, 2.45) is 5.92 Å². The van der Waals surface area contributed by atoms with E-state index in [1.54, 1.807) is 7.11 Å². The summed E-state index contributed by atoms with van der Waals surface area (Å²) in [6.45, 7) is 13.6. The van der Waals surface area contributed by atoms with Crippen LogP contribution < -0.4 is 5.32 Å². The summed E-state index contributed by atoms with van der Waals surface area (Å²) in [6, 6.07) is 0.300. The summed E-state index contributed by atoms with van der Waals surface area (Å²) in [5.41, 5.74) is -0.524. The predicted molar refractivity (Wildman–Crippen MR) is 79.7 cm³/mol. The first-order valence-electron chi connectivity index (χ1n) is 7.46. The lowest BCUT2D eigenvalue weighted by molar-refractivity contribution is 0.00973. The smallest absolute Gasteiger partial charge is 0.231 e. The molecule has 0 aromatic carbocycles. The Bertz CT molecular complexity index is 402. The van der Waals surface area contributed by atoms with Gasteiger partial charge in [-0.25, -0.2) is 0 Å². The van der Waals surface area contributed by atoms with Crippen LogP contribution in [0.1, 0.15) is 65.6 Å². The SMILES string of the molecule is CCCNC(C)C(c1nc(C(C)(C)OC)no1)C(C)C. The van der Waals surface area contributed by atoms with Crippen LogP contribution in [0.5, 0.6) is 0 Å². The van der Waals surface area contributed by atoms with Crippen molar-refractivity contribution in [2.75, 3.05) is 13.7 Å². The van der Waals surface area contributed by atoms with Crippen LogP contribution in [0.3, 0.4) is 0 Å². The van der Waals surface area contributed by atoms with Crippen molar-refractivity contribution in [3.05, 3.63) is 11.7 Å².